The van der Waals surface area contributed by atoms with Gasteiger partial charge in [0, 0.05) is 5.39 Å². The van der Waals surface area contributed by atoms with Gasteiger partial charge in [-0.1, -0.05) is 30.3 Å². The minimum Gasteiger partial charge on any atom is -0.468 e. The highest BCUT2D eigenvalue weighted by Gasteiger charge is 2.16. The SMILES string of the molecule is COC(=O)[C@H](N)Cc1ccc(F)c2ccccc12. The van der Waals surface area contributed by atoms with E-state index in [0.717, 1.165) is 10.9 Å². The molecule has 3 nitrogen and oxygen atoms in total. The lowest BCUT2D eigenvalue weighted by molar-refractivity contribution is -0.142. The van der Waals surface area contributed by atoms with Gasteiger partial charge in [-0.2, -0.15) is 0 Å². The predicted molar refractivity (Wildman–Crippen MR) is 67.6 cm³/mol. The van der Waals surface area contributed by atoms with Crippen molar-refractivity contribution in [3.63, 3.8) is 0 Å². The molecule has 0 fully saturated rings. The Balaban J connectivity index is 2.40. The van der Waals surface area contributed by atoms with E-state index in [-0.39, 0.29) is 5.82 Å². The standard InChI is InChI=1S/C14H14FNO2/c1-18-14(17)13(16)8-9-6-7-12(15)11-5-3-2-4-10(9)11/h2-7,13H,8,16H2,1H3/t13-/m1/s1. The monoisotopic (exact) mass is 247 g/mol. The predicted octanol–water partition coefficient (Wildman–Crippen LogP) is 2.02. The highest BCUT2D eigenvalue weighted by molar-refractivity contribution is 5.87. The van der Waals surface area contributed by atoms with Crippen molar-refractivity contribution in [2.24, 2.45) is 5.73 Å². The van der Waals surface area contributed by atoms with Crippen LogP contribution < -0.4 is 5.73 Å². The van der Waals surface area contributed by atoms with Crippen LogP contribution in [0.25, 0.3) is 10.8 Å². The van der Waals surface area contributed by atoms with E-state index in [1.807, 2.05) is 12.1 Å². The van der Waals surface area contributed by atoms with Crippen molar-refractivity contribution in [2.75, 3.05) is 7.11 Å². The maximum absolute atomic E-state index is 13.6. The second kappa shape index (κ2) is 5.14. The smallest absolute Gasteiger partial charge is 0.322 e. The summed E-state index contributed by atoms with van der Waals surface area (Å²) >= 11 is 0. The van der Waals surface area contributed by atoms with Crippen molar-refractivity contribution in [2.45, 2.75) is 12.5 Å². The van der Waals surface area contributed by atoms with Crippen LogP contribution in [-0.4, -0.2) is 19.1 Å². The average Bonchev–Trinajstić information content (AvgIpc) is 2.41. The Morgan fingerprint density at radius 1 is 1.28 bits per heavy atom. The Bertz CT molecular complexity index is 583. The zero-order chi connectivity index (χ0) is 13.1. The summed E-state index contributed by atoms with van der Waals surface area (Å²) in [6.45, 7) is 0. The van der Waals surface area contributed by atoms with Gasteiger partial charge in [0.05, 0.1) is 7.11 Å². The molecule has 18 heavy (non-hydrogen) atoms. The molecule has 0 aromatic heterocycles. The van der Waals surface area contributed by atoms with Crippen LogP contribution in [0.2, 0.25) is 0 Å². The Kier molecular flexibility index (Phi) is 3.58. The fraction of sp³-hybridized carbons (Fsp3) is 0.214. The number of methoxy groups -OCH3 is 1. The quantitative estimate of drug-likeness (QED) is 0.844. The fourth-order valence-corrected chi connectivity index (χ4v) is 1.97. The average molecular weight is 247 g/mol. The molecule has 2 aromatic carbocycles. The van der Waals surface area contributed by atoms with Crippen LogP contribution >= 0.6 is 0 Å². The molecule has 94 valence electrons. The number of esters is 1. The maximum atomic E-state index is 13.6. The summed E-state index contributed by atoms with van der Waals surface area (Å²) in [6, 6.07) is 9.44. The van der Waals surface area contributed by atoms with E-state index in [2.05, 4.69) is 4.74 Å². The lowest BCUT2D eigenvalue weighted by atomic mass is 9.99. The molecular weight excluding hydrogens is 233 g/mol. The summed E-state index contributed by atoms with van der Waals surface area (Å²) in [5.74, 6) is -0.746. The molecular formula is C14H14FNO2. The second-order valence-corrected chi connectivity index (χ2v) is 4.09. The molecule has 2 rings (SSSR count). The van der Waals surface area contributed by atoms with Gasteiger partial charge in [0.1, 0.15) is 11.9 Å². The molecule has 0 aliphatic heterocycles. The number of carbonyl (C=O) groups excluding carboxylic acids is 1. The van der Waals surface area contributed by atoms with Gasteiger partial charge in [0.2, 0.25) is 0 Å². The van der Waals surface area contributed by atoms with Crippen LogP contribution in [-0.2, 0) is 16.0 Å². The molecule has 0 saturated heterocycles. The van der Waals surface area contributed by atoms with Gasteiger partial charge in [-0.3, -0.25) is 4.79 Å². The van der Waals surface area contributed by atoms with Crippen LogP contribution in [0.5, 0.6) is 0 Å². The van der Waals surface area contributed by atoms with E-state index in [1.165, 1.54) is 13.2 Å². The molecule has 0 heterocycles. The van der Waals surface area contributed by atoms with Crippen molar-refractivity contribution in [3.8, 4) is 0 Å². The first-order valence-electron chi connectivity index (χ1n) is 5.63. The van der Waals surface area contributed by atoms with Crippen molar-refractivity contribution in [1.82, 2.24) is 0 Å². The molecule has 0 aliphatic carbocycles. The third-order valence-electron chi connectivity index (χ3n) is 2.90. The summed E-state index contributed by atoms with van der Waals surface area (Å²) < 4.78 is 18.2. The van der Waals surface area contributed by atoms with Gasteiger partial charge in [-0.05, 0) is 23.4 Å². The van der Waals surface area contributed by atoms with E-state index >= 15 is 0 Å². The fourth-order valence-electron chi connectivity index (χ4n) is 1.97. The van der Waals surface area contributed by atoms with E-state index in [1.54, 1.807) is 18.2 Å². The summed E-state index contributed by atoms with van der Waals surface area (Å²) in [7, 11) is 1.30. The van der Waals surface area contributed by atoms with Crippen molar-refractivity contribution in [1.29, 1.82) is 0 Å². The van der Waals surface area contributed by atoms with Gasteiger partial charge in [-0.15, -0.1) is 0 Å². The second-order valence-electron chi connectivity index (χ2n) is 4.09. The minimum atomic E-state index is -0.733. The lowest BCUT2D eigenvalue weighted by Crippen LogP contribution is -2.33. The van der Waals surface area contributed by atoms with Gasteiger partial charge >= 0.3 is 5.97 Å². The molecule has 1 atom stereocenters. The topological polar surface area (TPSA) is 52.3 Å². The van der Waals surface area contributed by atoms with Crippen LogP contribution in [0.3, 0.4) is 0 Å². The zero-order valence-corrected chi connectivity index (χ0v) is 10.0. The first-order valence-corrected chi connectivity index (χ1v) is 5.63. The normalized spacial score (nSPS) is 12.4. The highest BCUT2D eigenvalue weighted by Crippen LogP contribution is 2.22. The molecule has 4 heteroatoms. The van der Waals surface area contributed by atoms with Gasteiger partial charge in [-0.25, -0.2) is 4.39 Å². The Morgan fingerprint density at radius 2 is 1.94 bits per heavy atom. The Hall–Kier alpha value is -1.94. The third-order valence-corrected chi connectivity index (χ3v) is 2.90. The Labute approximate surface area is 104 Å². The third kappa shape index (κ3) is 2.33. The molecule has 0 saturated carbocycles. The lowest BCUT2D eigenvalue weighted by Gasteiger charge is -2.11. The maximum Gasteiger partial charge on any atom is 0.322 e. The highest BCUT2D eigenvalue weighted by atomic mass is 19.1. The first kappa shape index (κ1) is 12.5. The van der Waals surface area contributed by atoms with Crippen molar-refractivity contribution < 1.29 is 13.9 Å². The number of ether oxygens (including phenoxy) is 1. The van der Waals surface area contributed by atoms with Crippen molar-refractivity contribution >= 4 is 16.7 Å². The summed E-state index contributed by atoms with van der Waals surface area (Å²) in [5, 5.41) is 1.31. The summed E-state index contributed by atoms with van der Waals surface area (Å²) in [6.07, 6.45) is 0.327. The number of nitrogens with two attached hydrogens (primary N) is 1. The molecule has 0 aliphatic rings. The summed E-state index contributed by atoms with van der Waals surface area (Å²) in [5.41, 5.74) is 6.56. The van der Waals surface area contributed by atoms with E-state index in [9.17, 15) is 9.18 Å². The molecule has 0 bridgehead atoms. The number of fused-ring (bicyclic) bond motifs is 1. The van der Waals surface area contributed by atoms with Crippen LogP contribution in [0.15, 0.2) is 36.4 Å². The van der Waals surface area contributed by atoms with Crippen LogP contribution in [0.1, 0.15) is 5.56 Å². The largest absolute Gasteiger partial charge is 0.468 e. The number of hydrogen-bond donors (Lipinski definition) is 1. The molecule has 0 unspecified atom stereocenters. The number of hydrogen-bond acceptors (Lipinski definition) is 3. The van der Waals surface area contributed by atoms with Gasteiger partial charge < -0.3 is 10.5 Å². The van der Waals surface area contributed by atoms with Crippen LogP contribution in [0.4, 0.5) is 4.39 Å². The molecule has 0 spiro atoms. The molecule has 0 amide bonds. The number of benzene rings is 2. The first-order chi connectivity index (χ1) is 8.63. The number of carbonyl (C=O) groups is 1. The van der Waals surface area contributed by atoms with E-state index in [4.69, 9.17) is 5.73 Å². The van der Waals surface area contributed by atoms with E-state index < -0.39 is 12.0 Å². The van der Waals surface area contributed by atoms with Crippen LogP contribution in [0, 0.1) is 5.82 Å². The molecule has 2 aromatic rings. The molecule has 2 N–H and O–H groups in total. The number of rotatable bonds is 3. The van der Waals surface area contributed by atoms with E-state index in [0.29, 0.717) is 11.8 Å². The van der Waals surface area contributed by atoms with Crippen molar-refractivity contribution in [3.05, 3.63) is 47.8 Å². The number of halogens is 1. The minimum absolute atomic E-state index is 0.277. The Morgan fingerprint density at radius 3 is 2.61 bits per heavy atom. The summed E-state index contributed by atoms with van der Waals surface area (Å²) in [4.78, 5) is 11.3. The zero-order valence-electron chi connectivity index (χ0n) is 10.0. The van der Waals surface area contributed by atoms with Gasteiger partial charge in [0.15, 0.2) is 0 Å². The molecule has 0 radical (unpaired) electrons. The van der Waals surface area contributed by atoms with Gasteiger partial charge in [0.25, 0.3) is 0 Å².